The fraction of sp³-hybridized carbons (Fsp3) is 0.645. The summed E-state index contributed by atoms with van der Waals surface area (Å²) in [6, 6.07) is 24.9. The topological polar surface area (TPSA) is 0 Å². The summed E-state index contributed by atoms with van der Waals surface area (Å²) in [5, 5.41) is 5.12. The third-order valence-corrected chi connectivity index (χ3v) is 19.6. The summed E-state index contributed by atoms with van der Waals surface area (Å²) in [6.07, 6.45) is 49.1. The maximum atomic E-state index is 2.81. The zero-order chi connectivity index (χ0) is 45.0. The molecule has 4 rings (SSSR count). The molecule has 1 aliphatic rings. The molecule has 0 radical (unpaired) electrons. The van der Waals surface area contributed by atoms with Crippen LogP contribution < -0.4 is 15.6 Å². The minimum Gasteiger partial charge on any atom is -0.0790 e. The van der Waals surface area contributed by atoms with Gasteiger partial charge in [-0.3, -0.25) is 0 Å². The second kappa shape index (κ2) is 31.3. The lowest BCUT2D eigenvalue weighted by Crippen LogP contribution is -2.70. The average Bonchev–Trinajstić information content (AvgIpc) is 3.76. The van der Waals surface area contributed by atoms with E-state index >= 15 is 0 Å². The summed E-state index contributed by atoms with van der Waals surface area (Å²) in [7, 11) is -2.76. The van der Waals surface area contributed by atoms with Gasteiger partial charge in [-0.2, -0.15) is 0 Å². The standard InChI is InChI=1S/C62H98Si/c1-8-15-21-27-35-52-43-53(36-28-22-16-9-2)47-59(46-52)63(62-42-33-41-58(62)34-14-7,60-48-54(37-29-23-17-10-3)44-55(49-60)38-30-24-18-11-4)61-50-56(39-31-25-19-12-5)45-57(51-61)40-32-26-20-13-6/h33,41-51,62H,8-32,34-40H2,1-7H3. The van der Waals surface area contributed by atoms with Crippen molar-refractivity contribution in [1.29, 1.82) is 0 Å². The molecule has 0 spiro atoms. The Morgan fingerprint density at radius 3 is 0.810 bits per heavy atom. The highest BCUT2D eigenvalue weighted by Gasteiger charge is 2.48. The van der Waals surface area contributed by atoms with Crippen molar-refractivity contribution >= 4 is 23.6 Å². The van der Waals surface area contributed by atoms with Gasteiger partial charge in [0, 0.05) is 5.54 Å². The molecule has 1 heteroatoms. The van der Waals surface area contributed by atoms with Crippen LogP contribution in [0, 0.1) is 0 Å². The molecule has 0 aromatic heterocycles. The number of rotatable bonds is 36. The second-order valence-electron chi connectivity index (χ2n) is 20.1. The fourth-order valence-electron chi connectivity index (χ4n) is 10.9. The largest absolute Gasteiger partial charge is 0.159 e. The van der Waals surface area contributed by atoms with Gasteiger partial charge in [0.15, 0.2) is 8.07 Å². The predicted octanol–water partition coefficient (Wildman–Crippen LogP) is 17.6. The van der Waals surface area contributed by atoms with Crippen molar-refractivity contribution in [3.05, 3.63) is 112 Å². The number of hydrogen-bond acceptors (Lipinski definition) is 0. The molecule has 0 fully saturated rings. The van der Waals surface area contributed by atoms with Crippen molar-refractivity contribution in [2.45, 2.75) is 259 Å². The van der Waals surface area contributed by atoms with E-state index in [4.69, 9.17) is 0 Å². The maximum Gasteiger partial charge on any atom is 0.159 e. The second-order valence-corrected chi connectivity index (χ2v) is 24.1. The first kappa shape index (κ1) is 53.0. The van der Waals surface area contributed by atoms with Crippen LogP contribution in [0.2, 0.25) is 5.54 Å². The summed E-state index contributed by atoms with van der Waals surface area (Å²) in [4.78, 5) is 0. The Hall–Kier alpha value is -2.64. The lowest BCUT2D eigenvalue weighted by Gasteiger charge is -2.41. The summed E-state index contributed by atoms with van der Waals surface area (Å²) < 4.78 is 0. The number of hydrogen-bond donors (Lipinski definition) is 0. The normalized spacial score (nSPS) is 14.0. The van der Waals surface area contributed by atoms with E-state index in [-0.39, 0.29) is 0 Å². The quantitative estimate of drug-likeness (QED) is 0.0310. The van der Waals surface area contributed by atoms with Gasteiger partial charge in [0.25, 0.3) is 0 Å². The van der Waals surface area contributed by atoms with Crippen LogP contribution in [-0.4, -0.2) is 8.07 Å². The van der Waals surface area contributed by atoms with Crippen molar-refractivity contribution in [2.75, 3.05) is 0 Å². The first-order chi connectivity index (χ1) is 31.0. The summed E-state index contributed by atoms with van der Waals surface area (Å²) in [6.45, 7) is 16.6. The van der Waals surface area contributed by atoms with Crippen molar-refractivity contribution < 1.29 is 0 Å². The zero-order valence-corrected chi connectivity index (χ0v) is 43.6. The SMILES string of the molecule is CCCCCCc1cc(CCCCCC)cc([Si](c2cc(CCCCCC)cc(CCCCCC)c2)(c2cc(CCCCCC)cc(CCCCCC)c2)C2C=CC=C2CCC)c1. The van der Waals surface area contributed by atoms with Crippen LogP contribution in [0.1, 0.15) is 249 Å². The van der Waals surface area contributed by atoms with Crippen LogP contribution in [0.4, 0.5) is 0 Å². The molecule has 350 valence electrons. The van der Waals surface area contributed by atoms with Crippen molar-refractivity contribution in [3.63, 3.8) is 0 Å². The molecular weight excluding hydrogens is 773 g/mol. The molecule has 0 saturated carbocycles. The van der Waals surface area contributed by atoms with Gasteiger partial charge >= 0.3 is 0 Å². The highest BCUT2D eigenvalue weighted by atomic mass is 28.3. The molecule has 0 nitrogen and oxygen atoms in total. The van der Waals surface area contributed by atoms with E-state index in [0.29, 0.717) is 5.54 Å². The first-order valence-electron chi connectivity index (χ1n) is 27.7. The van der Waals surface area contributed by atoms with Crippen LogP contribution in [-0.2, 0) is 38.5 Å². The van der Waals surface area contributed by atoms with Crippen LogP contribution in [0.25, 0.3) is 0 Å². The molecule has 63 heavy (non-hydrogen) atoms. The van der Waals surface area contributed by atoms with E-state index in [2.05, 4.69) is 121 Å². The lowest BCUT2D eigenvalue weighted by molar-refractivity contribution is 0.661. The Labute approximate surface area is 393 Å². The van der Waals surface area contributed by atoms with E-state index in [1.807, 2.05) is 0 Å². The molecule has 0 N–H and O–H groups in total. The average molecular weight is 872 g/mol. The van der Waals surface area contributed by atoms with Gasteiger partial charge in [0.05, 0.1) is 0 Å². The Kier molecular flexibility index (Phi) is 26.3. The van der Waals surface area contributed by atoms with Crippen molar-refractivity contribution in [3.8, 4) is 0 Å². The maximum absolute atomic E-state index is 2.81. The molecule has 1 atom stereocenters. The van der Waals surface area contributed by atoms with Gasteiger partial charge in [-0.15, -0.1) is 0 Å². The molecular formula is C62H98Si. The van der Waals surface area contributed by atoms with Crippen LogP contribution in [0.3, 0.4) is 0 Å². The van der Waals surface area contributed by atoms with E-state index in [1.54, 1.807) is 54.5 Å². The minimum absolute atomic E-state index is 0.423. The van der Waals surface area contributed by atoms with Crippen LogP contribution in [0.5, 0.6) is 0 Å². The zero-order valence-electron chi connectivity index (χ0n) is 42.6. The van der Waals surface area contributed by atoms with Gasteiger partial charge in [0.2, 0.25) is 0 Å². The highest BCUT2D eigenvalue weighted by Crippen LogP contribution is 2.39. The molecule has 0 saturated heterocycles. The van der Waals surface area contributed by atoms with Crippen LogP contribution in [0.15, 0.2) is 78.4 Å². The number of allylic oxidation sites excluding steroid dienone is 4. The Morgan fingerprint density at radius 2 is 0.571 bits per heavy atom. The molecule has 0 bridgehead atoms. The van der Waals surface area contributed by atoms with Gasteiger partial charge in [-0.1, -0.05) is 249 Å². The molecule has 0 aliphatic heterocycles. The number of benzene rings is 3. The van der Waals surface area contributed by atoms with E-state index < -0.39 is 8.07 Å². The van der Waals surface area contributed by atoms with Gasteiger partial charge in [0.1, 0.15) is 0 Å². The molecule has 1 unspecified atom stereocenters. The third kappa shape index (κ3) is 17.3. The third-order valence-electron chi connectivity index (χ3n) is 14.5. The predicted molar refractivity (Wildman–Crippen MR) is 287 cm³/mol. The van der Waals surface area contributed by atoms with Crippen molar-refractivity contribution in [1.82, 2.24) is 0 Å². The van der Waals surface area contributed by atoms with Crippen LogP contribution >= 0.6 is 0 Å². The summed E-state index contributed by atoms with van der Waals surface area (Å²) in [5.41, 5.74) is 11.8. The van der Waals surface area contributed by atoms with Gasteiger partial charge < -0.3 is 0 Å². The number of unbranched alkanes of at least 4 members (excludes halogenated alkanes) is 18. The molecule has 3 aromatic carbocycles. The first-order valence-corrected chi connectivity index (χ1v) is 29.8. The van der Waals surface area contributed by atoms with Gasteiger partial charge in [-0.05, 0) is 132 Å². The molecule has 1 aliphatic carbocycles. The highest BCUT2D eigenvalue weighted by molar-refractivity contribution is 7.13. The summed E-state index contributed by atoms with van der Waals surface area (Å²) in [5.74, 6) is 0. The number of aryl methyl sites for hydroxylation is 6. The van der Waals surface area contributed by atoms with E-state index in [9.17, 15) is 0 Å². The summed E-state index contributed by atoms with van der Waals surface area (Å²) >= 11 is 0. The lowest BCUT2D eigenvalue weighted by atomic mass is 10.00. The molecule has 0 heterocycles. The Bertz CT molecular complexity index is 1470. The Balaban J connectivity index is 2.13. The van der Waals surface area contributed by atoms with E-state index in [0.717, 1.165) is 0 Å². The molecule has 3 aromatic rings. The van der Waals surface area contributed by atoms with Gasteiger partial charge in [-0.25, -0.2) is 0 Å². The Morgan fingerprint density at radius 1 is 0.302 bits per heavy atom. The van der Waals surface area contributed by atoms with E-state index in [1.165, 1.54) is 205 Å². The monoisotopic (exact) mass is 871 g/mol. The minimum atomic E-state index is -2.76. The van der Waals surface area contributed by atoms with Crippen molar-refractivity contribution in [2.24, 2.45) is 0 Å². The molecule has 0 amide bonds. The fourth-order valence-corrected chi connectivity index (χ4v) is 16.6. The smallest absolute Gasteiger partial charge is 0.0790 e.